The maximum atomic E-state index is 11.8. The molecule has 0 spiro atoms. The molecule has 0 aromatic heterocycles. The first-order chi connectivity index (χ1) is 8.53. The van der Waals surface area contributed by atoms with Gasteiger partial charge < -0.3 is 10.1 Å². The van der Waals surface area contributed by atoms with E-state index in [1.165, 1.54) is 0 Å². The van der Waals surface area contributed by atoms with Gasteiger partial charge in [0.05, 0.1) is 19.0 Å². The molecule has 0 amide bonds. The Balaban J connectivity index is 2.26. The van der Waals surface area contributed by atoms with Crippen LogP contribution >= 0.6 is 0 Å². The smallest absolute Gasteiger partial charge is 0.213 e. The van der Waals surface area contributed by atoms with E-state index < -0.39 is 10.0 Å². The second-order valence-electron chi connectivity index (χ2n) is 4.60. The number of rotatable bonds is 8. The van der Waals surface area contributed by atoms with Crippen molar-refractivity contribution in [1.29, 1.82) is 0 Å². The lowest BCUT2D eigenvalue weighted by atomic mass is 10.3. The molecule has 2 N–H and O–H groups in total. The lowest BCUT2D eigenvalue weighted by molar-refractivity contribution is 0.0354. The van der Waals surface area contributed by atoms with E-state index in [0.717, 1.165) is 39.4 Å². The van der Waals surface area contributed by atoms with E-state index in [1.807, 2.05) is 13.8 Å². The first-order valence-electron chi connectivity index (χ1n) is 6.54. The monoisotopic (exact) mass is 279 g/mol. The summed E-state index contributed by atoms with van der Waals surface area (Å²) in [7, 11) is -3.17. The lowest BCUT2D eigenvalue weighted by Gasteiger charge is -2.29. The lowest BCUT2D eigenvalue weighted by Crippen LogP contribution is -2.47. The van der Waals surface area contributed by atoms with E-state index in [9.17, 15) is 8.42 Å². The molecule has 6 nitrogen and oxygen atoms in total. The van der Waals surface area contributed by atoms with Gasteiger partial charge in [-0.05, 0) is 13.5 Å². The van der Waals surface area contributed by atoms with Gasteiger partial charge in [-0.3, -0.25) is 4.90 Å². The molecule has 0 aliphatic carbocycles. The van der Waals surface area contributed by atoms with E-state index in [1.54, 1.807) is 0 Å². The van der Waals surface area contributed by atoms with Crippen molar-refractivity contribution in [3.63, 3.8) is 0 Å². The second kappa shape index (κ2) is 8.06. The SMILES string of the molecule is CCNCCS(=O)(=O)NC(C)CN1CCOCC1. The van der Waals surface area contributed by atoms with Crippen LogP contribution in [0.5, 0.6) is 0 Å². The fraction of sp³-hybridized carbons (Fsp3) is 1.00. The molecule has 0 aromatic rings. The first kappa shape index (κ1) is 15.8. The summed E-state index contributed by atoms with van der Waals surface area (Å²) in [5.74, 6) is 0.133. The van der Waals surface area contributed by atoms with Gasteiger partial charge in [-0.15, -0.1) is 0 Å². The summed E-state index contributed by atoms with van der Waals surface area (Å²) in [4.78, 5) is 2.22. The molecular formula is C11H25N3O3S. The summed E-state index contributed by atoms with van der Waals surface area (Å²) in [5, 5.41) is 3.01. The van der Waals surface area contributed by atoms with E-state index in [-0.39, 0.29) is 11.8 Å². The Morgan fingerprint density at radius 2 is 2.00 bits per heavy atom. The van der Waals surface area contributed by atoms with Gasteiger partial charge in [0.2, 0.25) is 10.0 Å². The molecule has 108 valence electrons. The molecule has 18 heavy (non-hydrogen) atoms. The summed E-state index contributed by atoms with van der Waals surface area (Å²) >= 11 is 0. The third-order valence-corrected chi connectivity index (χ3v) is 4.32. The minimum absolute atomic E-state index is 0.0604. The number of sulfonamides is 1. The number of nitrogens with one attached hydrogen (secondary N) is 2. The van der Waals surface area contributed by atoms with Crippen LogP contribution in [0.3, 0.4) is 0 Å². The van der Waals surface area contributed by atoms with Gasteiger partial charge >= 0.3 is 0 Å². The van der Waals surface area contributed by atoms with Crippen LogP contribution in [-0.2, 0) is 14.8 Å². The van der Waals surface area contributed by atoms with Crippen LogP contribution in [0.25, 0.3) is 0 Å². The van der Waals surface area contributed by atoms with Gasteiger partial charge in [-0.25, -0.2) is 13.1 Å². The average molecular weight is 279 g/mol. The highest BCUT2D eigenvalue weighted by Gasteiger charge is 2.18. The number of ether oxygens (including phenoxy) is 1. The normalized spacial score (nSPS) is 19.9. The maximum absolute atomic E-state index is 11.8. The zero-order valence-corrected chi connectivity index (χ0v) is 12.1. The second-order valence-corrected chi connectivity index (χ2v) is 6.48. The fourth-order valence-corrected chi connectivity index (χ4v) is 3.18. The van der Waals surface area contributed by atoms with E-state index >= 15 is 0 Å². The first-order valence-corrected chi connectivity index (χ1v) is 8.19. The topological polar surface area (TPSA) is 70.7 Å². The van der Waals surface area contributed by atoms with Crippen LogP contribution in [0, 0.1) is 0 Å². The highest BCUT2D eigenvalue weighted by Crippen LogP contribution is 1.99. The molecule has 1 rings (SSSR count). The van der Waals surface area contributed by atoms with Gasteiger partial charge in [0, 0.05) is 32.2 Å². The van der Waals surface area contributed by atoms with Crippen LogP contribution in [0.2, 0.25) is 0 Å². The van der Waals surface area contributed by atoms with Crippen LogP contribution in [-0.4, -0.2) is 71.0 Å². The molecule has 1 aliphatic heterocycles. The van der Waals surface area contributed by atoms with Crippen molar-refractivity contribution in [2.24, 2.45) is 0 Å². The van der Waals surface area contributed by atoms with Gasteiger partial charge in [-0.1, -0.05) is 6.92 Å². The molecule has 0 aromatic carbocycles. The predicted octanol–water partition coefficient (Wildman–Crippen LogP) is -0.764. The molecule has 1 atom stereocenters. The van der Waals surface area contributed by atoms with E-state index in [0.29, 0.717) is 6.54 Å². The number of nitrogens with zero attached hydrogens (tertiary/aromatic N) is 1. The van der Waals surface area contributed by atoms with Crippen molar-refractivity contribution in [2.45, 2.75) is 19.9 Å². The molecule has 1 saturated heterocycles. The average Bonchev–Trinajstić information content (AvgIpc) is 2.29. The van der Waals surface area contributed by atoms with Crippen molar-refractivity contribution < 1.29 is 13.2 Å². The molecule has 1 unspecified atom stereocenters. The maximum Gasteiger partial charge on any atom is 0.213 e. The van der Waals surface area contributed by atoms with Crippen LogP contribution in [0.15, 0.2) is 0 Å². The minimum Gasteiger partial charge on any atom is -0.379 e. The van der Waals surface area contributed by atoms with Crippen LogP contribution < -0.4 is 10.0 Å². The summed E-state index contributed by atoms with van der Waals surface area (Å²) in [6.45, 7) is 9.12. The highest BCUT2D eigenvalue weighted by atomic mass is 32.2. The molecule has 1 fully saturated rings. The van der Waals surface area contributed by atoms with Gasteiger partial charge in [0.25, 0.3) is 0 Å². The zero-order chi connectivity index (χ0) is 13.4. The van der Waals surface area contributed by atoms with Crippen LogP contribution in [0.4, 0.5) is 0 Å². The Morgan fingerprint density at radius 1 is 1.33 bits per heavy atom. The standard InChI is InChI=1S/C11H25N3O3S/c1-3-12-4-9-18(15,16)13-11(2)10-14-5-7-17-8-6-14/h11-13H,3-10H2,1-2H3. The number of morpholine rings is 1. The van der Waals surface area contributed by atoms with E-state index in [4.69, 9.17) is 4.74 Å². The molecule has 1 aliphatic rings. The summed E-state index contributed by atoms with van der Waals surface area (Å²) in [6.07, 6.45) is 0. The van der Waals surface area contributed by atoms with Crippen molar-refractivity contribution in [1.82, 2.24) is 14.9 Å². The number of hydrogen-bond donors (Lipinski definition) is 2. The Labute approximate surface area is 110 Å². The Kier molecular flexibility index (Phi) is 7.10. The number of hydrogen-bond acceptors (Lipinski definition) is 5. The van der Waals surface area contributed by atoms with Gasteiger partial charge in [-0.2, -0.15) is 0 Å². The van der Waals surface area contributed by atoms with Crippen molar-refractivity contribution in [3.05, 3.63) is 0 Å². The van der Waals surface area contributed by atoms with Crippen molar-refractivity contribution in [3.8, 4) is 0 Å². The molecular weight excluding hydrogens is 254 g/mol. The third-order valence-electron chi connectivity index (χ3n) is 2.81. The van der Waals surface area contributed by atoms with Gasteiger partial charge in [0.15, 0.2) is 0 Å². The third kappa shape index (κ3) is 6.65. The Morgan fingerprint density at radius 3 is 2.61 bits per heavy atom. The van der Waals surface area contributed by atoms with E-state index in [2.05, 4.69) is 14.9 Å². The molecule has 1 heterocycles. The molecule has 7 heteroatoms. The van der Waals surface area contributed by atoms with Crippen molar-refractivity contribution in [2.75, 3.05) is 51.7 Å². The Hall–Kier alpha value is -0.210. The summed E-state index contributed by atoms with van der Waals surface area (Å²) in [5.41, 5.74) is 0. The Bertz CT molecular complexity index is 315. The summed E-state index contributed by atoms with van der Waals surface area (Å²) in [6, 6.07) is -0.0604. The van der Waals surface area contributed by atoms with Crippen LogP contribution in [0.1, 0.15) is 13.8 Å². The zero-order valence-electron chi connectivity index (χ0n) is 11.3. The quantitative estimate of drug-likeness (QED) is 0.571. The molecule has 0 saturated carbocycles. The fourth-order valence-electron chi connectivity index (χ4n) is 1.96. The predicted molar refractivity (Wildman–Crippen MR) is 72.2 cm³/mol. The van der Waals surface area contributed by atoms with Gasteiger partial charge in [0.1, 0.15) is 0 Å². The highest BCUT2D eigenvalue weighted by molar-refractivity contribution is 7.89. The summed E-state index contributed by atoms with van der Waals surface area (Å²) < 4.78 is 31.5. The minimum atomic E-state index is -3.17. The molecule has 0 radical (unpaired) electrons. The molecule has 0 bridgehead atoms. The van der Waals surface area contributed by atoms with Crippen molar-refractivity contribution >= 4 is 10.0 Å². The largest absolute Gasteiger partial charge is 0.379 e.